The summed E-state index contributed by atoms with van der Waals surface area (Å²) in [4.78, 5) is 16.0. The second kappa shape index (κ2) is 7.26. The summed E-state index contributed by atoms with van der Waals surface area (Å²) in [6.07, 6.45) is 6.33. The number of carbonyl (C=O) groups excluding carboxylic acids is 1. The summed E-state index contributed by atoms with van der Waals surface area (Å²) in [5.41, 5.74) is 1.10. The van der Waals surface area contributed by atoms with Gasteiger partial charge in [-0.2, -0.15) is 0 Å². The van der Waals surface area contributed by atoms with Crippen LogP contribution in [0.25, 0.3) is 12.2 Å². The zero-order valence-corrected chi connectivity index (χ0v) is 13.0. The molecule has 0 radical (unpaired) electrons. The molecular formula is C16H18N4OS. The van der Waals surface area contributed by atoms with Crippen molar-refractivity contribution < 1.29 is 4.79 Å². The van der Waals surface area contributed by atoms with E-state index in [1.165, 1.54) is 24.6 Å². The van der Waals surface area contributed by atoms with Crippen molar-refractivity contribution in [3.63, 3.8) is 0 Å². The Bertz CT molecular complexity index is 649. The number of nitrogens with one attached hydrogen (secondary N) is 2. The first-order valence-electron chi connectivity index (χ1n) is 7.34. The average molecular weight is 314 g/mol. The monoisotopic (exact) mass is 314 g/mol. The van der Waals surface area contributed by atoms with Gasteiger partial charge in [0.1, 0.15) is 5.82 Å². The van der Waals surface area contributed by atoms with Crippen molar-refractivity contribution >= 4 is 29.8 Å². The number of H-pyrrole nitrogens is 1. The summed E-state index contributed by atoms with van der Waals surface area (Å²) in [5.74, 6) is 1.78. The molecule has 0 saturated heterocycles. The number of aromatic nitrogens is 3. The molecule has 1 amide bonds. The first-order valence-corrected chi connectivity index (χ1v) is 8.33. The Morgan fingerprint density at radius 1 is 1.32 bits per heavy atom. The third-order valence-electron chi connectivity index (χ3n) is 3.33. The fourth-order valence-corrected chi connectivity index (χ4v) is 2.53. The highest BCUT2D eigenvalue weighted by Crippen LogP contribution is 2.27. The van der Waals surface area contributed by atoms with Crippen molar-refractivity contribution in [2.24, 2.45) is 5.92 Å². The van der Waals surface area contributed by atoms with Crippen molar-refractivity contribution in [1.82, 2.24) is 20.5 Å². The van der Waals surface area contributed by atoms with E-state index < -0.39 is 0 Å². The Labute approximate surface area is 133 Å². The van der Waals surface area contributed by atoms with Gasteiger partial charge in [-0.3, -0.25) is 9.89 Å². The van der Waals surface area contributed by atoms with Crippen molar-refractivity contribution in [2.45, 2.75) is 18.0 Å². The molecule has 1 fully saturated rings. The molecule has 0 unspecified atom stereocenters. The number of amides is 1. The highest BCUT2D eigenvalue weighted by atomic mass is 32.2. The first kappa shape index (κ1) is 14.8. The van der Waals surface area contributed by atoms with Gasteiger partial charge in [-0.25, -0.2) is 4.98 Å². The molecule has 1 heterocycles. The number of hydrogen-bond donors (Lipinski definition) is 2. The van der Waals surface area contributed by atoms with Gasteiger partial charge in [0.05, 0.1) is 5.75 Å². The topological polar surface area (TPSA) is 70.7 Å². The smallest absolute Gasteiger partial charge is 0.230 e. The quantitative estimate of drug-likeness (QED) is 0.771. The second-order valence-electron chi connectivity index (χ2n) is 5.28. The molecule has 2 aromatic rings. The largest absolute Gasteiger partial charge is 0.355 e. The van der Waals surface area contributed by atoms with E-state index in [9.17, 15) is 4.79 Å². The molecule has 0 bridgehead atoms. The number of rotatable bonds is 7. The van der Waals surface area contributed by atoms with Gasteiger partial charge in [0.15, 0.2) is 0 Å². The van der Waals surface area contributed by atoms with E-state index in [0.717, 1.165) is 12.1 Å². The average Bonchev–Trinajstić information content (AvgIpc) is 3.27. The lowest BCUT2D eigenvalue weighted by Crippen LogP contribution is -2.27. The summed E-state index contributed by atoms with van der Waals surface area (Å²) >= 11 is 1.34. The Morgan fingerprint density at radius 2 is 2.14 bits per heavy atom. The van der Waals surface area contributed by atoms with Gasteiger partial charge in [-0.15, -0.1) is 5.10 Å². The van der Waals surface area contributed by atoms with Crippen LogP contribution in [0, 0.1) is 5.92 Å². The maximum atomic E-state index is 11.7. The minimum atomic E-state index is 0.0445. The van der Waals surface area contributed by atoms with Crippen molar-refractivity contribution in [3.05, 3.63) is 41.7 Å². The summed E-state index contributed by atoms with van der Waals surface area (Å²) in [5, 5.41) is 10.5. The molecule has 5 nitrogen and oxygen atoms in total. The van der Waals surface area contributed by atoms with Crippen LogP contribution in [0.4, 0.5) is 0 Å². The van der Waals surface area contributed by atoms with Crippen LogP contribution in [0.1, 0.15) is 24.2 Å². The fraction of sp³-hybridized carbons (Fsp3) is 0.312. The lowest BCUT2D eigenvalue weighted by molar-refractivity contribution is -0.118. The molecule has 0 spiro atoms. The normalized spacial score (nSPS) is 14.4. The maximum Gasteiger partial charge on any atom is 0.230 e. The van der Waals surface area contributed by atoms with Gasteiger partial charge >= 0.3 is 0 Å². The van der Waals surface area contributed by atoms with Crippen LogP contribution in [-0.4, -0.2) is 33.4 Å². The first-order chi connectivity index (χ1) is 10.8. The van der Waals surface area contributed by atoms with E-state index in [4.69, 9.17) is 0 Å². The van der Waals surface area contributed by atoms with Crippen LogP contribution in [0.3, 0.4) is 0 Å². The van der Waals surface area contributed by atoms with Gasteiger partial charge in [0.2, 0.25) is 11.1 Å². The van der Waals surface area contributed by atoms with E-state index in [1.807, 2.05) is 42.5 Å². The highest BCUT2D eigenvalue weighted by molar-refractivity contribution is 7.99. The Kier molecular flexibility index (Phi) is 4.90. The van der Waals surface area contributed by atoms with Gasteiger partial charge in [-0.1, -0.05) is 48.2 Å². The van der Waals surface area contributed by atoms with Gasteiger partial charge in [-0.05, 0) is 30.4 Å². The molecule has 1 aliphatic carbocycles. The molecule has 0 aliphatic heterocycles. The predicted molar refractivity (Wildman–Crippen MR) is 88.2 cm³/mol. The van der Waals surface area contributed by atoms with Crippen molar-refractivity contribution in [3.8, 4) is 0 Å². The summed E-state index contributed by atoms with van der Waals surface area (Å²) in [6, 6.07) is 10.00. The Morgan fingerprint density at radius 3 is 2.91 bits per heavy atom. The zero-order valence-electron chi connectivity index (χ0n) is 12.2. The van der Waals surface area contributed by atoms with Crippen LogP contribution < -0.4 is 5.32 Å². The molecule has 22 heavy (non-hydrogen) atoms. The molecule has 1 aromatic heterocycles. The zero-order chi connectivity index (χ0) is 15.2. The molecule has 1 aliphatic rings. The number of aromatic amines is 1. The number of thioether (sulfide) groups is 1. The SMILES string of the molecule is O=C(CSc1n[nH]c(/C=C/c2ccccc2)n1)NCC1CC1. The Hall–Kier alpha value is -2.08. The van der Waals surface area contributed by atoms with E-state index in [1.54, 1.807) is 0 Å². The maximum absolute atomic E-state index is 11.7. The van der Waals surface area contributed by atoms with E-state index in [2.05, 4.69) is 20.5 Å². The van der Waals surface area contributed by atoms with Crippen LogP contribution in [-0.2, 0) is 4.79 Å². The van der Waals surface area contributed by atoms with E-state index in [-0.39, 0.29) is 5.91 Å². The molecule has 1 aromatic carbocycles. The standard InChI is InChI=1S/C16H18N4OS/c21-15(17-10-13-6-7-13)11-22-16-18-14(19-20-16)9-8-12-4-2-1-3-5-12/h1-5,8-9,13H,6-7,10-11H2,(H,17,21)(H,18,19,20)/b9-8+. The summed E-state index contributed by atoms with van der Waals surface area (Å²) in [6.45, 7) is 0.804. The van der Waals surface area contributed by atoms with E-state index >= 15 is 0 Å². The summed E-state index contributed by atoms with van der Waals surface area (Å²) in [7, 11) is 0. The Balaban J connectivity index is 1.46. The fourth-order valence-electron chi connectivity index (χ4n) is 1.90. The molecular weight excluding hydrogens is 296 g/mol. The number of carbonyl (C=O) groups is 1. The van der Waals surface area contributed by atoms with Crippen LogP contribution in [0.15, 0.2) is 35.5 Å². The van der Waals surface area contributed by atoms with Crippen LogP contribution >= 0.6 is 11.8 Å². The van der Waals surface area contributed by atoms with Crippen molar-refractivity contribution in [1.29, 1.82) is 0 Å². The van der Waals surface area contributed by atoms with Crippen LogP contribution in [0.5, 0.6) is 0 Å². The highest BCUT2D eigenvalue weighted by Gasteiger charge is 2.21. The molecule has 2 N–H and O–H groups in total. The molecule has 114 valence electrons. The number of nitrogens with zero attached hydrogens (tertiary/aromatic N) is 2. The summed E-state index contributed by atoms with van der Waals surface area (Å²) < 4.78 is 0. The third kappa shape index (κ3) is 4.73. The number of hydrogen-bond acceptors (Lipinski definition) is 4. The molecule has 3 rings (SSSR count). The van der Waals surface area contributed by atoms with Gasteiger partial charge in [0, 0.05) is 6.54 Å². The second-order valence-corrected chi connectivity index (χ2v) is 6.23. The van der Waals surface area contributed by atoms with Crippen LogP contribution in [0.2, 0.25) is 0 Å². The molecule has 0 atom stereocenters. The lowest BCUT2D eigenvalue weighted by Gasteiger charge is -2.01. The number of benzene rings is 1. The predicted octanol–water partition coefficient (Wildman–Crippen LogP) is 2.59. The van der Waals surface area contributed by atoms with Crippen molar-refractivity contribution in [2.75, 3.05) is 12.3 Å². The minimum absolute atomic E-state index is 0.0445. The minimum Gasteiger partial charge on any atom is -0.355 e. The lowest BCUT2D eigenvalue weighted by atomic mass is 10.2. The van der Waals surface area contributed by atoms with E-state index in [0.29, 0.717) is 22.7 Å². The third-order valence-corrected chi connectivity index (χ3v) is 4.18. The van der Waals surface area contributed by atoms with Gasteiger partial charge < -0.3 is 5.32 Å². The molecule has 1 saturated carbocycles. The van der Waals surface area contributed by atoms with Gasteiger partial charge in [0.25, 0.3) is 0 Å². The molecule has 6 heteroatoms.